The van der Waals surface area contributed by atoms with Crippen molar-refractivity contribution in [3.05, 3.63) is 29.3 Å². The lowest BCUT2D eigenvalue weighted by molar-refractivity contribution is -0.222. The van der Waals surface area contributed by atoms with Crippen LogP contribution in [0.3, 0.4) is 0 Å². The molecule has 0 radical (unpaired) electrons. The monoisotopic (exact) mass is 322 g/mol. The lowest BCUT2D eigenvalue weighted by Crippen LogP contribution is -2.41. The summed E-state index contributed by atoms with van der Waals surface area (Å²) in [5.74, 6) is -1.91. The van der Waals surface area contributed by atoms with Crippen molar-refractivity contribution < 1.29 is 33.6 Å². The number of benzene rings is 1. The summed E-state index contributed by atoms with van der Waals surface area (Å²) in [5.41, 5.74) is 0.345. The van der Waals surface area contributed by atoms with Crippen LogP contribution in [0.4, 0.5) is 0 Å². The first kappa shape index (κ1) is 16.8. The van der Waals surface area contributed by atoms with Gasteiger partial charge in [0, 0.05) is 13.8 Å². The van der Waals surface area contributed by atoms with Gasteiger partial charge in [-0.15, -0.1) is 0 Å². The number of methoxy groups -OCH3 is 1. The second-order valence-corrected chi connectivity index (χ2v) is 5.22. The Hall–Kier alpha value is -2.54. The third kappa shape index (κ3) is 4.01. The highest BCUT2D eigenvalue weighted by atomic mass is 16.7. The van der Waals surface area contributed by atoms with E-state index in [1.165, 1.54) is 27.0 Å². The van der Waals surface area contributed by atoms with Crippen LogP contribution in [0.1, 0.15) is 19.4 Å². The molecule has 0 saturated carbocycles. The van der Waals surface area contributed by atoms with E-state index < -0.39 is 17.7 Å². The Morgan fingerprint density at radius 3 is 2.39 bits per heavy atom. The molecule has 1 aromatic rings. The molecule has 0 aliphatic carbocycles. The first-order valence-electron chi connectivity index (χ1n) is 6.96. The maximum absolute atomic E-state index is 11.9. The number of esters is 2. The fourth-order valence-corrected chi connectivity index (χ4v) is 1.99. The summed E-state index contributed by atoms with van der Waals surface area (Å²) in [4.78, 5) is 23.8. The van der Waals surface area contributed by atoms with Gasteiger partial charge < -0.3 is 24.1 Å². The number of hydrogen-bond acceptors (Lipinski definition) is 7. The van der Waals surface area contributed by atoms with E-state index >= 15 is 0 Å². The Labute approximate surface area is 133 Å². The molecular formula is C16H18O7. The van der Waals surface area contributed by atoms with E-state index in [-0.39, 0.29) is 18.8 Å². The van der Waals surface area contributed by atoms with E-state index in [1.54, 1.807) is 18.2 Å². The minimum absolute atomic E-state index is 0.123. The standard InChI is InChI=1S/C16H18O7/c1-16(2)22-14(18)11(15(19)23-16)8-10-4-5-12(21-7-6-17)13(9-10)20-3/h4-5,8-9,17H,6-7H2,1-3H3. The molecule has 7 heteroatoms. The van der Waals surface area contributed by atoms with Crippen LogP contribution < -0.4 is 9.47 Å². The van der Waals surface area contributed by atoms with Gasteiger partial charge in [-0.3, -0.25) is 0 Å². The highest BCUT2D eigenvalue weighted by Gasteiger charge is 2.38. The molecule has 1 aliphatic rings. The van der Waals surface area contributed by atoms with Crippen LogP contribution in [-0.4, -0.2) is 43.2 Å². The lowest BCUT2D eigenvalue weighted by Gasteiger charge is -2.29. The normalized spacial score (nSPS) is 16.4. The maximum atomic E-state index is 11.9. The van der Waals surface area contributed by atoms with Crippen molar-refractivity contribution in [2.24, 2.45) is 0 Å². The molecule has 23 heavy (non-hydrogen) atoms. The van der Waals surface area contributed by atoms with E-state index in [2.05, 4.69) is 0 Å². The Morgan fingerprint density at radius 1 is 1.17 bits per heavy atom. The summed E-state index contributed by atoms with van der Waals surface area (Å²) >= 11 is 0. The lowest BCUT2D eigenvalue weighted by atomic mass is 10.1. The summed E-state index contributed by atoms with van der Waals surface area (Å²) in [6.45, 7) is 2.97. The van der Waals surface area contributed by atoms with Crippen LogP contribution in [0, 0.1) is 0 Å². The third-order valence-electron chi connectivity index (χ3n) is 2.96. The number of aliphatic hydroxyl groups is 1. The fourth-order valence-electron chi connectivity index (χ4n) is 1.99. The topological polar surface area (TPSA) is 91.3 Å². The number of ether oxygens (including phenoxy) is 4. The van der Waals surface area contributed by atoms with Crippen molar-refractivity contribution >= 4 is 18.0 Å². The van der Waals surface area contributed by atoms with Gasteiger partial charge in [0.2, 0.25) is 0 Å². The minimum atomic E-state index is -1.27. The van der Waals surface area contributed by atoms with Gasteiger partial charge in [0.05, 0.1) is 13.7 Å². The van der Waals surface area contributed by atoms with Crippen LogP contribution in [-0.2, 0) is 19.1 Å². The maximum Gasteiger partial charge on any atom is 0.348 e. The highest BCUT2D eigenvalue weighted by molar-refractivity contribution is 6.18. The fraction of sp³-hybridized carbons (Fsp3) is 0.375. The molecule has 1 aromatic carbocycles. The molecule has 1 saturated heterocycles. The number of carbonyl (C=O) groups is 2. The van der Waals surface area contributed by atoms with Crippen molar-refractivity contribution in [3.63, 3.8) is 0 Å². The van der Waals surface area contributed by atoms with Crippen LogP contribution in [0.2, 0.25) is 0 Å². The van der Waals surface area contributed by atoms with Crippen LogP contribution in [0.5, 0.6) is 11.5 Å². The first-order chi connectivity index (χ1) is 10.9. The second-order valence-electron chi connectivity index (χ2n) is 5.22. The molecule has 7 nitrogen and oxygen atoms in total. The first-order valence-corrected chi connectivity index (χ1v) is 6.96. The number of carbonyl (C=O) groups excluding carboxylic acids is 2. The van der Waals surface area contributed by atoms with Gasteiger partial charge in [-0.05, 0) is 23.8 Å². The summed E-state index contributed by atoms with van der Waals surface area (Å²) < 4.78 is 20.6. The Kier molecular flexibility index (Phi) is 4.90. The molecule has 1 aliphatic heterocycles. The average Bonchev–Trinajstić information content (AvgIpc) is 2.48. The zero-order valence-electron chi connectivity index (χ0n) is 13.1. The van der Waals surface area contributed by atoms with E-state index in [9.17, 15) is 9.59 Å². The molecule has 2 rings (SSSR count). The van der Waals surface area contributed by atoms with Gasteiger partial charge in [0.25, 0.3) is 5.79 Å². The Morgan fingerprint density at radius 2 is 1.83 bits per heavy atom. The SMILES string of the molecule is COc1cc(C=C2C(=O)OC(C)(C)OC2=O)ccc1OCCO. The minimum Gasteiger partial charge on any atom is -0.493 e. The Bertz CT molecular complexity index is 624. The number of aliphatic hydroxyl groups excluding tert-OH is 1. The largest absolute Gasteiger partial charge is 0.493 e. The van der Waals surface area contributed by atoms with Gasteiger partial charge in [0.1, 0.15) is 12.2 Å². The van der Waals surface area contributed by atoms with Crippen LogP contribution >= 0.6 is 0 Å². The summed E-state index contributed by atoms with van der Waals surface area (Å²) in [7, 11) is 1.46. The summed E-state index contributed by atoms with van der Waals surface area (Å²) in [5, 5.41) is 8.78. The van der Waals surface area contributed by atoms with Crippen molar-refractivity contribution in [3.8, 4) is 11.5 Å². The molecule has 0 aromatic heterocycles. The van der Waals surface area contributed by atoms with Gasteiger partial charge in [-0.25, -0.2) is 9.59 Å². The van der Waals surface area contributed by atoms with Gasteiger partial charge in [-0.2, -0.15) is 0 Å². The molecule has 0 unspecified atom stereocenters. The zero-order valence-corrected chi connectivity index (χ0v) is 13.1. The van der Waals surface area contributed by atoms with E-state index in [0.717, 1.165) is 0 Å². The van der Waals surface area contributed by atoms with Crippen LogP contribution in [0.25, 0.3) is 6.08 Å². The number of rotatable bonds is 5. The van der Waals surface area contributed by atoms with Crippen molar-refractivity contribution in [1.82, 2.24) is 0 Å². The molecule has 1 fully saturated rings. The van der Waals surface area contributed by atoms with E-state index in [0.29, 0.717) is 17.1 Å². The molecule has 0 spiro atoms. The van der Waals surface area contributed by atoms with Crippen LogP contribution in [0.15, 0.2) is 23.8 Å². The molecular weight excluding hydrogens is 304 g/mol. The second kappa shape index (κ2) is 6.70. The van der Waals surface area contributed by atoms with Gasteiger partial charge >= 0.3 is 11.9 Å². The zero-order chi connectivity index (χ0) is 17.0. The quantitative estimate of drug-likeness (QED) is 0.496. The molecule has 0 amide bonds. The van der Waals surface area contributed by atoms with E-state index in [1.807, 2.05) is 0 Å². The highest BCUT2D eigenvalue weighted by Crippen LogP contribution is 2.30. The molecule has 124 valence electrons. The molecule has 1 heterocycles. The summed E-state index contributed by atoms with van der Waals surface area (Å²) in [6, 6.07) is 4.85. The molecule has 0 atom stereocenters. The van der Waals surface area contributed by atoms with E-state index in [4.69, 9.17) is 24.1 Å². The van der Waals surface area contributed by atoms with Gasteiger partial charge in [0.15, 0.2) is 11.5 Å². The van der Waals surface area contributed by atoms with Crippen molar-refractivity contribution in [1.29, 1.82) is 0 Å². The Balaban J connectivity index is 2.28. The third-order valence-corrected chi connectivity index (χ3v) is 2.96. The predicted octanol–water partition coefficient (Wildman–Crippen LogP) is 1.29. The van der Waals surface area contributed by atoms with Gasteiger partial charge in [-0.1, -0.05) is 6.07 Å². The molecule has 0 bridgehead atoms. The smallest absolute Gasteiger partial charge is 0.348 e. The summed E-state index contributed by atoms with van der Waals surface area (Å²) in [6.07, 6.45) is 1.36. The predicted molar refractivity (Wildman–Crippen MR) is 79.8 cm³/mol. The molecule has 1 N–H and O–H groups in total. The number of cyclic esters (lactones) is 2. The van der Waals surface area contributed by atoms with Crippen molar-refractivity contribution in [2.45, 2.75) is 19.6 Å². The number of hydrogen-bond donors (Lipinski definition) is 1. The van der Waals surface area contributed by atoms with Crippen molar-refractivity contribution in [2.75, 3.05) is 20.3 Å². The average molecular weight is 322 g/mol.